The maximum absolute atomic E-state index is 12.6. The third-order valence-electron chi connectivity index (χ3n) is 7.88. The van der Waals surface area contributed by atoms with Gasteiger partial charge in [0.15, 0.2) is 0 Å². The predicted molar refractivity (Wildman–Crippen MR) is 108 cm³/mol. The molecule has 3 heteroatoms. The average Bonchev–Trinajstić information content (AvgIpc) is 3.04. The number of hydrogen-bond donors (Lipinski definition) is 1. The summed E-state index contributed by atoms with van der Waals surface area (Å²) in [5, 5.41) is 9.84. The van der Waals surface area contributed by atoms with Crippen LogP contribution in [0.4, 0.5) is 0 Å². The summed E-state index contributed by atoms with van der Waals surface area (Å²) in [6.45, 7) is 2.36. The number of esters is 1. The molecule has 3 aliphatic rings. The number of aryl methyl sites for hydroxylation is 1. The Hall–Kier alpha value is -2.29. The summed E-state index contributed by atoms with van der Waals surface area (Å²) in [6, 6.07) is 15.3. The fourth-order valence-electron chi connectivity index (χ4n) is 6.49. The zero-order chi connectivity index (χ0) is 19.3. The van der Waals surface area contributed by atoms with E-state index in [1.165, 1.54) is 17.5 Å². The highest BCUT2D eigenvalue weighted by atomic mass is 16.5. The highest BCUT2D eigenvalue weighted by Crippen LogP contribution is 2.61. The van der Waals surface area contributed by atoms with Crippen LogP contribution in [0.25, 0.3) is 0 Å². The lowest BCUT2D eigenvalue weighted by Crippen LogP contribution is -2.45. The first-order valence-corrected chi connectivity index (χ1v) is 10.6. The van der Waals surface area contributed by atoms with Gasteiger partial charge in [-0.1, -0.05) is 31.2 Å². The Bertz CT molecular complexity index is 890. The summed E-state index contributed by atoms with van der Waals surface area (Å²) in [6.07, 6.45) is 6.63. The molecule has 2 aromatic rings. The average molecular weight is 376 g/mol. The van der Waals surface area contributed by atoms with Gasteiger partial charge >= 0.3 is 5.97 Å². The molecule has 0 saturated heterocycles. The number of rotatable bonds is 2. The number of carbonyl (C=O) groups is 1. The molecule has 0 amide bonds. The molecule has 146 valence electrons. The van der Waals surface area contributed by atoms with Crippen molar-refractivity contribution in [3.8, 4) is 5.75 Å². The normalized spacial score (nSPS) is 33.5. The van der Waals surface area contributed by atoms with Gasteiger partial charge in [-0.3, -0.25) is 0 Å². The molecule has 0 heterocycles. The van der Waals surface area contributed by atoms with Gasteiger partial charge in [0.05, 0.1) is 5.56 Å². The van der Waals surface area contributed by atoms with E-state index in [1.807, 2.05) is 42.5 Å². The Morgan fingerprint density at radius 1 is 1.07 bits per heavy atom. The highest BCUT2D eigenvalue weighted by Gasteiger charge is 2.56. The molecule has 0 bridgehead atoms. The molecule has 28 heavy (non-hydrogen) atoms. The van der Waals surface area contributed by atoms with E-state index < -0.39 is 0 Å². The van der Waals surface area contributed by atoms with Crippen LogP contribution in [0.5, 0.6) is 5.75 Å². The number of hydrogen-bond acceptors (Lipinski definition) is 3. The second kappa shape index (κ2) is 6.65. The van der Waals surface area contributed by atoms with E-state index in [0.29, 0.717) is 29.1 Å². The molecule has 2 fully saturated rings. The SMILES string of the molecule is C[C@]12CC[C@@H]3c4ccc(O)cc4CCC3[C@@H]1CC[C@@H]2OC(=O)c1ccccc1. The smallest absolute Gasteiger partial charge is 0.338 e. The van der Waals surface area contributed by atoms with Crippen molar-refractivity contribution >= 4 is 5.97 Å². The van der Waals surface area contributed by atoms with Crippen molar-refractivity contribution in [2.45, 2.75) is 57.5 Å². The minimum Gasteiger partial charge on any atom is -0.508 e. The summed E-state index contributed by atoms with van der Waals surface area (Å²) < 4.78 is 6.06. The van der Waals surface area contributed by atoms with Gasteiger partial charge in [-0.15, -0.1) is 0 Å². The number of carbonyl (C=O) groups excluding carboxylic acids is 1. The Morgan fingerprint density at radius 3 is 2.71 bits per heavy atom. The first-order valence-electron chi connectivity index (χ1n) is 10.6. The maximum atomic E-state index is 12.6. The van der Waals surface area contributed by atoms with Gasteiger partial charge in [-0.2, -0.15) is 0 Å². The van der Waals surface area contributed by atoms with E-state index in [0.717, 1.165) is 32.1 Å². The van der Waals surface area contributed by atoms with Gasteiger partial charge in [-0.25, -0.2) is 4.79 Å². The zero-order valence-corrected chi connectivity index (χ0v) is 16.4. The number of aromatic hydroxyl groups is 1. The lowest BCUT2D eigenvalue weighted by molar-refractivity contribution is -0.0427. The fraction of sp³-hybridized carbons (Fsp3) is 0.480. The third-order valence-corrected chi connectivity index (χ3v) is 7.88. The van der Waals surface area contributed by atoms with Gasteiger partial charge < -0.3 is 9.84 Å². The molecule has 5 atom stereocenters. The van der Waals surface area contributed by atoms with Crippen LogP contribution in [0.3, 0.4) is 0 Å². The van der Waals surface area contributed by atoms with E-state index in [2.05, 4.69) is 13.0 Å². The molecule has 0 aliphatic heterocycles. The predicted octanol–water partition coefficient (Wildman–Crippen LogP) is 5.47. The summed E-state index contributed by atoms with van der Waals surface area (Å²) in [4.78, 5) is 12.6. The molecule has 1 N–H and O–H groups in total. The molecule has 1 unspecified atom stereocenters. The van der Waals surface area contributed by atoms with E-state index in [4.69, 9.17) is 4.74 Å². The minimum atomic E-state index is -0.181. The van der Waals surface area contributed by atoms with Gasteiger partial charge in [-0.05, 0) is 91.7 Å². The number of phenols is 1. The second-order valence-electron chi connectivity index (χ2n) is 9.18. The molecule has 2 aromatic carbocycles. The monoisotopic (exact) mass is 376 g/mol. The summed E-state index contributed by atoms with van der Waals surface area (Å²) in [5.41, 5.74) is 3.51. The molecule has 0 radical (unpaired) electrons. The van der Waals surface area contributed by atoms with Crippen LogP contribution in [0.2, 0.25) is 0 Å². The zero-order valence-electron chi connectivity index (χ0n) is 16.4. The van der Waals surface area contributed by atoms with E-state index >= 15 is 0 Å². The second-order valence-corrected chi connectivity index (χ2v) is 9.18. The first kappa shape index (κ1) is 17.8. The van der Waals surface area contributed by atoms with Crippen molar-refractivity contribution in [2.24, 2.45) is 17.3 Å². The van der Waals surface area contributed by atoms with Crippen molar-refractivity contribution in [3.63, 3.8) is 0 Å². The number of ether oxygens (including phenoxy) is 1. The largest absolute Gasteiger partial charge is 0.508 e. The van der Waals surface area contributed by atoms with Gasteiger partial charge in [0.1, 0.15) is 11.9 Å². The fourth-order valence-corrected chi connectivity index (χ4v) is 6.49. The van der Waals surface area contributed by atoms with Gasteiger partial charge in [0, 0.05) is 5.41 Å². The molecule has 3 nitrogen and oxygen atoms in total. The van der Waals surface area contributed by atoms with Crippen LogP contribution in [0, 0.1) is 17.3 Å². The minimum absolute atomic E-state index is 0.0207. The molecule has 5 rings (SSSR count). The summed E-state index contributed by atoms with van der Waals surface area (Å²) in [5.74, 6) is 2.06. The number of phenolic OH excluding ortho intramolecular Hbond substituents is 1. The van der Waals surface area contributed by atoms with Crippen LogP contribution in [0.1, 0.15) is 66.4 Å². The Labute approximate surface area is 166 Å². The van der Waals surface area contributed by atoms with Crippen molar-refractivity contribution in [1.82, 2.24) is 0 Å². The van der Waals surface area contributed by atoms with Crippen LogP contribution in [-0.4, -0.2) is 17.2 Å². The quantitative estimate of drug-likeness (QED) is 0.707. The van der Waals surface area contributed by atoms with Gasteiger partial charge in [0.2, 0.25) is 0 Å². The number of benzene rings is 2. The Kier molecular flexibility index (Phi) is 4.22. The molecule has 3 aliphatic carbocycles. The molecular weight excluding hydrogens is 348 g/mol. The maximum Gasteiger partial charge on any atom is 0.338 e. The Morgan fingerprint density at radius 2 is 1.89 bits per heavy atom. The van der Waals surface area contributed by atoms with Crippen LogP contribution in [0.15, 0.2) is 48.5 Å². The van der Waals surface area contributed by atoms with E-state index in [1.54, 1.807) is 0 Å². The topological polar surface area (TPSA) is 46.5 Å². The van der Waals surface area contributed by atoms with Crippen LogP contribution in [-0.2, 0) is 11.2 Å². The number of fused-ring (bicyclic) bond motifs is 5. The highest BCUT2D eigenvalue weighted by molar-refractivity contribution is 5.89. The van der Waals surface area contributed by atoms with Crippen molar-refractivity contribution in [1.29, 1.82) is 0 Å². The summed E-state index contributed by atoms with van der Waals surface area (Å²) in [7, 11) is 0. The molecular formula is C25H28O3. The molecule has 0 aromatic heterocycles. The standard InChI is InChI=1S/C25H28O3/c1-25-14-13-20-19-10-8-18(26)15-17(19)7-9-21(20)22(25)11-12-23(25)28-24(27)16-5-3-2-4-6-16/h2-6,8,10,15,20-23,26H,7,9,11-14H2,1H3/t20-,21?,22+,23+,25+/m1/s1. The van der Waals surface area contributed by atoms with Gasteiger partial charge in [0.25, 0.3) is 0 Å². The Balaban J connectivity index is 1.37. The van der Waals surface area contributed by atoms with Crippen molar-refractivity contribution in [2.75, 3.05) is 0 Å². The third kappa shape index (κ3) is 2.75. The lowest BCUT2D eigenvalue weighted by Gasteiger charge is -2.50. The first-order chi connectivity index (χ1) is 13.6. The molecule has 0 spiro atoms. The summed E-state index contributed by atoms with van der Waals surface area (Å²) >= 11 is 0. The van der Waals surface area contributed by atoms with E-state index in [9.17, 15) is 9.90 Å². The van der Waals surface area contributed by atoms with Crippen LogP contribution >= 0.6 is 0 Å². The van der Waals surface area contributed by atoms with Crippen LogP contribution < -0.4 is 0 Å². The van der Waals surface area contributed by atoms with Crippen molar-refractivity contribution < 1.29 is 14.6 Å². The molecule has 2 saturated carbocycles. The van der Waals surface area contributed by atoms with E-state index in [-0.39, 0.29) is 17.5 Å². The lowest BCUT2D eigenvalue weighted by atomic mass is 9.55. The van der Waals surface area contributed by atoms with Crippen molar-refractivity contribution in [3.05, 3.63) is 65.2 Å².